The van der Waals surface area contributed by atoms with Crippen LogP contribution in [0.25, 0.3) is 0 Å². The Kier molecular flexibility index (Phi) is 9.10. The highest BCUT2D eigenvalue weighted by Gasteiger charge is 1.91. The molecule has 0 spiro atoms. The Labute approximate surface area is 80.8 Å². The summed E-state index contributed by atoms with van der Waals surface area (Å²) in [5.74, 6) is 0.00887. The maximum absolute atomic E-state index is 10.5. The largest absolute Gasteiger partial charge is 0.380 e. The predicted octanol–water partition coefficient (Wildman–Crippen LogP) is 1.72. The molecule has 0 aliphatic rings. The number of carbonyl (C=O) groups excluding carboxylic acids is 1. The van der Waals surface area contributed by atoms with Gasteiger partial charge >= 0.3 is 0 Å². The van der Waals surface area contributed by atoms with Crippen LogP contribution in [0.1, 0.15) is 39.5 Å². The van der Waals surface area contributed by atoms with Crippen molar-refractivity contribution >= 4 is 5.91 Å². The summed E-state index contributed by atoms with van der Waals surface area (Å²) in [6, 6.07) is 0. The van der Waals surface area contributed by atoms with Gasteiger partial charge in [0.15, 0.2) is 0 Å². The van der Waals surface area contributed by atoms with Crippen molar-refractivity contribution in [3.63, 3.8) is 0 Å². The standard InChI is InChI=1S/C10H21NO2/c1-3-4-5-6-8-13-9-7-11-10(2)12/h3-9H2,1-2H3,(H,11,12). The van der Waals surface area contributed by atoms with Gasteiger partial charge in [0.05, 0.1) is 6.61 Å². The smallest absolute Gasteiger partial charge is 0.216 e. The van der Waals surface area contributed by atoms with Crippen LogP contribution in [0, 0.1) is 0 Å². The average molecular weight is 187 g/mol. The second kappa shape index (κ2) is 9.52. The summed E-state index contributed by atoms with van der Waals surface area (Å²) >= 11 is 0. The molecule has 0 aromatic carbocycles. The molecule has 0 atom stereocenters. The van der Waals surface area contributed by atoms with Crippen molar-refractivity contribution in [1.29, 1.82) is 0 Å². The summed E-state index contributed by atoms with van der Waals surface area (Å²) in [5, 5.41) is 2.68. The third-order valence-corrected chi connectivity index (χ3v) is 1.76. The molecule has 0 aromatic rings. The number of rotatable bonds is 8. The van der Waals surface area contributed by atoms with Crippen LogP contribution in [0.3, 0.4) is 0 Å². The Hall–Kier alpha value is -0.570. The first-order chi connectivity index (χ1) is 6.27. The number of carbonyl (C=O) groups is 1. The Morgan fingerprint density at radius 2 is 2.00 bits per heavy atom. The van der Waals surface area contributed by atoms with Crippen LogP contribution in [0.4, 0.5) is 0 Å². The van der Waals surface area contributed by atoms with Crippen LogP contribution in [0.2, 0.25) is 0 Å². The third-order valence-electron chi connectivity index (χ3n) is 1.76. The molecule has 0 fully saturated rings. The molecule has 13 heavy (non-hydrogen) atoms. The summed E-state index contributed by atoms with van der Waals surface area (Å²) in [6.45, 7) is 5.79. The fourth-order valence-electron chi connectivity index (χ4n) is 1.03. The van der Waals surface area contributed by atoms with E-state index in [-0.39, 0.29) is 5.91 Å². The number of amides is 1. The first kappa shape index (κ1) is 12.4. The molecule has 0 rings (SSSR count). The molecule has 0 unspecified atom stereocenters. The monoisotopic (exact) mass is 187 g/mol. The Balaban J connectivity index is 2.87. The lowest BCUT2D eigenvalue weighted by Crippen LogP contribution is -2.24. The average Bonchev–Trinajstić information content (AvgIpc) is 2.09. The van der Waals surface area contributed by atoms with E-state index in [4.69, 9.17) is 4.74 Å². The lowest BCUT2D eigenvalue weighted by Gasteiger charge is -2.04. The molecule has 0 heterocycles. The highest BCUT2D eigenvalue weighted by Crippen LogP contribution is 1.98. The summed E-state index contributed by atoms with van der Waals surface area (Å²) in [4.78, 5) is 10.5. The van der Waals surface area contributed by atoms with E-state index in [1.807, 2.05) is 0 Å². The summed E-state index contributed by atoms with van der Waals surface area (Å²) in [5.41, 5.74) is 0. The minimum absolute atomic E-state index is 0.00887. The maximum Gasteiger partial charge on any atom is 0.216 e. The van der Waals surface area contributed by atoms with Gasteiger partial charge in [0.2, 0.25) is 5.91 Å². The molecule has 0 radical (unpaired) electrons. The van der Waals surface area contributed by atoms with Gasteiger partial charge in [-0.1, -0.05) is 26.2 Å². The lowest BCUT2D eigenvalue weighted by molar-refractivity contribution is -0.119. The fourth-order valence-corrected chi connectivity index (χ4v) is 1.03. The van der Waals surface area contributed by atoms with E-state index in [0.29, 0.717) is 13.2 Å². The number of hydrogen-bond acceptors (Lipinski definition) is 2. The number of unbranched alkanes of at least 4 members (excludes halogenated alkanes) is 3. The normalized spacial score (nSPS) is 10.0. The van der Waals surface area contributed by atoms with Crippen LogP contribution >= 0.6 is 0 Å². The maximum atomic E-state index is 10.5. The molecule has 1 amide bonds. The van der Waals surface area contributed by atoms with Crippen LogP contribution in [0.15, 0.2) is 0 Å². The fraction of sp³-hybridized carbons (Fsp3) is 0.900. The van der Waals surface area contributed by atoms with Gasteiger partial charge < -0.3 is 10.1 Å². The molecule has 0 saturated carbocycles. The first-order valence-electron chi connectivity index (χ1n) is 5.09. The zero-order valence-corrected chi connectivity index (χ0v) is 8.77. The lowest BCUT2D eigenvalue weighted by atomic mass is 10.2. The number of hydrogen-bond donors (Lipinski definition) is 1. The van der Waals surface area contributed by atoms with Gasteiger partial charge in [0, 0.05) is 20.1 Å². The molecule has 0 aliphatic carbocycles. The quantitative estimate of drug-likeness (QED) is 0.588. The predicted molar refractivity (Wildman–Crippen MR) is 53.6 cm³/mol. The summed E-state index contributed by atoms with van der Waals surface area (Å²) in [6.07, 6.45) is 4.92. The summed E-state index contributed by atoms with van der Waals surface area (Å²) < 4.78 is 5.32. The molecule has 0 aromatic heterocycles. The molecule has 0 aliphatic heterocycles. The van der Waals surface area contributed by atoms with Gasteiger partial charge in [-0.05, 0) is 6.42 Å². The molecule has 0 bridgehead atoms. The van der Waals surface area contributed by atoms with E-state index in [0.717, 1.165) is 13.0 Å². The van der Waals surface area contributed by atoms with Gasteiger partial charge in [-0.25, -0.2) is 0 Å². The van der Waals surface area contributed by atoms with Gasteiger partial charge in [0.1, 0.15) is 0 Å². The SMILES string of the molecule is CCCCCCOCCNC(C)=O. The minimum Gasteiger partial charge on any atom is -0.380 e. The molecule has 78 valence electrons. The van der Waals surface area contributed by atoms with E-state index in [1.165, 1.54) is 26.2 Å². The van der Waals surface area contributed by atoms with Crippen molar-refractivity contribution in [3.8, 4) is 0 Å². The van der Waals surface area contributed by atoms with Crippen molar-refractivity contribution in [3.05, 3.63) is 0 Å². The third kappa shape index (κ3) is 11.4. The van der Waals surface area contributed by atoms with Crippen molar-refractivity contribution in [2.75, 3.05) is 19.8 Å². The molecule has 3 nitrogen and oxygen atoms in total. The van der Waals surface area contributed by atoms with E-state index >= 15 is 0 Å². The Bertz CT molecular complexity index is 126. The molecule has 1 N–H and O–H groups in total. The molecular weight excluding hydrogens is 166 g/mol. The van der Waals surface area contributed by atoms with Gasteiger partial charge in [-0.2, -0.15) is 0 Å². The second-order valence-electron chi connectivity index (χ2n) is 3.16. The summed E-state index contributed by atoms with van der Waals surface area (Å²) in [7, 11) is 0. The molecule has 0 saturated heterocycles. The van der Waals surface area contributed by atoms with Crippen molar-refractivity contribution in [2.45, 2.75) is 39.5 Å². The van der Waals surface area contributed by atoms with E-state index < -0.39 is 0 Å². The van der Waals surface area contributed by atoms with Crippen LogP contribution in [-0.2, 0) is 9.53 Å². The van der Waals surface area contributed by atoms with Crippen molar-refractivity contribution in [2.24, 2.45) is 0 Å². The zero-order chi connectivity index (χ0) is 9.94. The highest BCUT2D eigenvalue weighted by atomic mass is 16.5. The Morgan fingerprint density at radius 1 is 1.23 bits per heavy atom. The van der Waals surface area contributed by atoms with E-state index in [9.17, 15) is 4.79 Å². The van der Waals surface area contributed by atoms with E-state index in [1.54, 1.807) is 0 Å². The highest BCUT2D eigenvalue weighted by molar-refractivity contribution is 5.72. The van der Waals surface area contributed by atoms with Crippen LogP contribution in [0.5, 0.6) is 0 Å². The van der Waals surface area contributed by atoms with Crippen LogP contribution < -0.4 is 5.32 Å². The number of ether oxygens (including phenoxy) is 1. The van der Waals surface area contributed by atoms with Crippen molar-refractivity contribution in [1.82, 2.24) is 5.32 Å². The molecule has 3 heteroatoms. The number of nitrogens with one attached hydrogen (secondary N) is 1. The van der Waals surface area contributed by atoms with Crippen molar-refractivity contribution < 1.29 is 9.53 Å². The Morgan fingerprint density at radius 3 is 2.62 bits per heavy atom. The van der Waals surface area contributed by atoms with E-state index in [2.05, 4.69) is 12.2 Å². The van der Waals surface area contributed by atoms with Gasteiger partial charge in [0.25, 0.3) is 0 Å². The zero-order valence-electron chi connectivity index (χ0n) is 8.77. The second-order valence-corrected chi connectivity index (χ2v) is 3.16. The van der Waals surface area contributed by atoms with Crippen LogP contribution in [-0.4, -0.2) is 25.7 Å². The van der Waals surface area contributed by atoms with Gasteiger partial charge in [-0.3, -0.25) is 4.79 Å². The topological polar surface area (TPSA) is 38.3 Å². The minimum atomic E-state index is 0.00887. The van der Waals surface area contributed by atoms with Gasteiger partial charge in [-0.15, -0.1) is 0 Å². The molecular formula is C10H21NO2. The first-order valence-corrected chi connectivity index (χ1v) is 5.09.